The minimum Gasteiger partial charge on any atom is -0.437 e. The predicted octanol–water partition coefficient (Wildman–Crippen LogP) is 1.37. The zero-order valence-electron chi connectivity index (χ0n) is 20.8. The molecule has 0 bridgehead atoms. The highest BCUT2D eigenvalue weighted by Crippen LogP contribution is 2.29. The number of nitro groups is 2. The van der Waals surface area contributed by atoms with Crippen LogP contribution in [0.3, 0.4) is 0 Å². The summed E-state index contributed by atoms with van der Waals surface area (Å²) in [6.45, 7) is 2.17. The Labute approximate surface area is 216 Å². The lowest BCUT2D eigenvalue weighted by molar-refractivity contribution is -0.414. The van der Waals surface area contributed by atoms with Gasteiger partial charge in [0.1, 0.15) is 12.4 Å². The number of amides is 1. The number of aliphatic hydroxyl groups excluding tert-OH is 1. The number of nitrogens with one attached hydrogen (secondary N) is 2. The van der Waals surface area contributed by atoms with Crippen molar-refractivity contribution in [3.05, 3.63) is 44.4 Å². The van der Waals surface area contributed by atoms with E-state index in [9.17, 15) is 30.0 Å². The van der Waals surface area contributed by atoms with Gasteiger partial charge in [-0.25, -0.2) is 0 Å². The van der Waals surface area contributed by atoms with Gasteiger partial charge in [-0.05, 0) is 64.2 Å². The highest BCUT2D eigenvalue weighted by atomic mass is 16.6. The Morgan fingerprint density at radius 3 is 2.16 bits per heavy atom. The van der Waals surface area contributed by atoms with Crippen molar-refractivity contribution in [1.29, 1.82) is 0 Å². The van der Waals surface area contributed by atoms with Crippen molar-refractivity contribution >= 4 is 32.6 Å². The first-order valence-electron chi connectivity index (χ1n) is 12.3. The van der Waals surface area contributed by atoms with Gasteiger partial charge in [0.15, 0.2) is 5.81 Å². The molecule has 2 radical (unpaired) electrons. The molecule has 37 heavy (non-hydrogen) atoms. The highest BCUT2D eigenvalue weighted by molar-refractivity contribution is 6.57. The maximum Gasteiger partial charge on any atom is 0.373 e. The summed E-state index contributed by atoms with van der Waals surface area (Å²) >= 11 is 0. The summed E-state index contributed by atoms with van der Waals surface area (Å²) in [4.78, 5) is 33.6. The van der Waals surface area contributed by atoms with Crippen LogP contribution in [0.1, 0.15) is 57.4 Å². The Hall–Kier alpha value is -3.10. The second-order valence-corrected chi connectivity index (χ2v) is 9.18. The van der Waals surface area contributed by atoms with E-state index >= 15 is 0 Å². The third kappa shape index (κ3) is 11.2. The van der Waals surface area contributed by atoms with Gasteiger partial charge >= 0.3 is 12.7 Å². The standard InChI is InChI=1S/C10H17BN4O3.C7H12BNO2.C4H4N2O2/c1-11(16)13-8-2-4-9(5-3-8)14-7-10(6-12-14)15(17)18;8-7(11)9-5-1-3-6(10)4-2-5;7-6(8)4-1-2-5-3-4/h6-9,13,16H,2-5H2,1H3;5-6,10H,1-4H2,(H,9,11);1,3H,2H2. The molecule has 1 amide bonds. The number of carbonyl (C=O) groups is 1. The summed E-state index contributed by atoms with van der Waals surface area (Å²) in [6, 6.07) is 0.730. The van der Waals surface area contributed by atoms with Gasteiger partial charge in [-0.3, -0.25) is 34.7 Å². The summed E-state index contributed by atoms with van der Waals surface area (Å²) < 4.78 is 1.69. The molecule has 0 aromatic carbocycles. The fourth-order valence-corrected chi connectivity index (χ4v) is 4.36. The zero-order chi connectivity index (χ0) is 27.4. The van der Waals surface area contributed by atoms with Crippen LogP contribution in [0.5, 0.6) is 0 Å². The van der Waals surface area contributed by atoms with Crippen LogP contribution in [0.15, 0.2) is 29.2 Å². The number of nitrogens with zero attached hydrogens (tertiary/aromatic N) is 5. The van der Waals surface area contributed by atoms with Crippen molar-refractivity contribution in [2.75, 3.05) is 6.54 Å². The van der Waals surface area contributed by atoms with Crippen LogP contribution in [-0.2, 0) is 0 Å². The van der Waals surface area contributed by atoms with Crippen molar-refractivity contribution in [3.63, 3.8) is 0 Å². The molecule has 0 spiro atoms. The molecule has 1 aromatic heterocycles. The lowest BCUT2D eigenvalue weighted by Gasteiger charge is -2.29. The van der Waals surface area contributed by atoms with Crippen molar-refractivity contribution in [3.8, 4) is 0 Å². The van der Waals surface area contributed by atoms with E-state index < -0.39 is 22.7 Å². The summed E-state index contributed by atoms with van der Waals surface area (Å²) in [6.07, 6.45) is 12.3. The monoisotopic (exact) mass is 517 g/mol. The Kier molecular flexibility index (Phi) is 12.4. The van der Waals surface area contributed by atoms with Crippen molar-refractivity contribution < 1.29 is 24.8 Å². The first-order valence-corrected chi connectivity index (χ1v) is 12.3. The maximum absolute atomic E-state index is 10.6. The maximum atomic E-state index is 10.6. The molecule has 2 aliphatic carbocycles. The zero-order valence-corrected chi connectivity index (χ0v) is 20.8. The summed E-state index contributed by atoms with van der Waals surface area (Å²) in [5.41, 5.74) is 0.143. The quantitative estimate of drug-likeness (QED) is 0.245. The average molecular weight is 517 g/mol. The number of hydrogen-bond donors (Lipinski definition) is 4. The lowest BCUT2D eigenvalue weighted by atomic mass is 9.82. The Morgan fingerprint density at radius 2 is 1.73 bits per heavy atom. The second kappa shape index (κ2) is 15.2. The fourth-order valence-electron chi connectivity index (χ4n) is 4.36. The molecular weight excluding hydrogens is 484 g/mol. The number of allylic oxidation sites excluding steroid dienone is 1. The highest BCUT2D eigenvalue weighted by Gasteiger charge is 2.25. The van der Waals surface area contributed by atoms with Gasteiger partial charge in [0.25, 0.3) is 5.70 Å². The molecule has 2 heterocycles. The predicted molar refractivity (Wildman–Crippen MR) is 138 cm³/mol. The van der Waals surface area contributed by atoms with Crippen molar-refractivity contribution in [2.24, 2.45) is 4.99 Å². The number of aliphatic hydroxyl groups is 1. The van der Waals surface area contributed by atoms with Crippen LogP contribution in [0.4, 0.5) is 10.5 Å². The molecule has 2 saturated carbocycles. The molecule has 1 aliphatic heterocycles. The SMILES string of the molecule is CB(O)NC1CCC(n2cc([N+](=O)[O-])cn2)CC1.O=[N+]([O-])C1=CCN=C1.[B]C(=O)NC1CCC(O)CC1. The van der Waals surface area contributed by atoms with Crippen LogP contribution in [0.2, 0.25) is 6.82 Å². The van der Waals surface area contributed by atoms with Crippen LogP contribution in [-0.4, -0.2) is 81.4 Å². The minimum atomic E-state index is -0.489. The van der Waals surface area contributed by atoms with E-state index in [2.05, 4.69) is 20.6 Å². The number of aliphatic imine (C=N–C) groups is 1. The Morgan fingerprint density at radius 1 is 1.11 bits per heavy atom. The summed E-state index contributed by atoms with van der Waals surface area (Å²) in [5, 5.41) is 48.6. The molecule has 1 aromatic rings. The third-order valence-electron chi connectivity index (χ3n) is 6.23. The van der Waals surface area contributed by atoms with Crippen LogP contribution >= 0.6 is 0 Å². The van der Waals surface area contributed by atoms with Crippen molar-refractivity contribution in [2.45, 2.75) is 82.4 Å². The molecule has 16 heteroatoms. The van der Waals surface area contributed by atoms with Gasteiger partial charge in [-0.2, -0.15) is 5.10 Å². The second-order valence-electron chi connectivity index (χ2n) is 9.18. The van der Waals surface area contributed by atoms with E-state index in [-0.39, 0.29) is 29.6 Å². The molecule has 2 fully saturated rings. The molecule has 14 nitrogen and oxygen atoms in total. The Bertz CT molecular complexity index is 957. The van der Waals surface area contributed by atoms with Crippen LogP contribution < -0.4 is 10.5 Å². The van der Waals surface area contributed by atoms with Gasteiger partial charge in [0, 0.05) is 12.1 Å². The normalized spacial score (nSPS) is 24.5. The van der Waals surface area contributed by atoms with Gasteiger partial charge in [0.05, 0.1) is 34.8 Å². The first-order chi connectivity index (χ1) is 17.5. The smallest absolute Gasteiger partial charge is 0.373 e. The topological polar surface area (TPSA) is 198 Å². The molecule has 3 aliphatic rings. The first kappa shape index (κ1) is 30.1. The van der Waals surface area contributed by atoms with Crippen LogP contribution in [0, 0.1) is 20.2 Å². The van der Waals surface area contributed by atoms with Gasteiger partial charge in [-0.15, -0.1) is 0 Å². The molecular formula is C21H33B2N7O7. The number of rotatable bonds is 6. The van der Waals surface area contributed by atoms with E-state index in [4.69, 9.17) is 13.0 Å². The van der Waals surface area contributed by atoms with E-state index in [1.165, 1.54) is 24.7 Å². The van der Waals surface area contributed by atoms with Gasteiger partial charge < -0.3 is 20.7 Å². The number of aromatic nitrogens is 2. The molecule has 4 rings (SSSR count). The number of carbonyl (C=O) groups excluding carboxylic acids is 1. The lowest BCUT2D eigenvalue weighted by Crippen LogP contribution is -2.42. The van der Waals surface area contributed by atoms with E-state index in [1.807, 2.05) is 0 Å². The van der Waals surface area contributed by atoms with Crippen molar-refractivity contribution in [1.82, 2.24) is 20.3 Å². The van der Waals surface area contributed by atoms with E-state index in [1.54, 1.807) is 11.5 Å². The summed E-state index contributed by atoms with van der Waals surface area (Å²) in [7, 11) is 4.46. The van der Waals surface area contributed by atoms with Crippen LogP contribution in [0.25, 0.3) is 0 Å². The Balaban J connectivity index is 0.000000215. The summed E-state index contributed by atoms with van der Waals surface area (Å²) in [5.74, 6) is -0.466. The molecule has 0 unspecified atom stereocenters. The van der Waals surface area contributed by atoms with E-state index in [0.29, 0.717) is 12.6 Å². The van der Waals surface area contributed by atoms with Gasteiger partial charge in [0.2, 0.25) is 7.85 Å². The molecule has 200 valence electrons. The van der Waals surface area contributed by atoms with E-state index in [0.717, 1.165) is 51.4 Å². The fraction of sp³-hybridized carbons (Fsp3) is 0.667. The minimum absolute atomic E-state index is 0.0410. The third-order valence-corrected chi connectivity index (χ3v) is 6.23. The van der Waals surface area contributed by atoms with Gasteiger partial charge in [-0.1, -0.05) is 0 Å². The molecule has 0 saturated heterocycles. The molecule has 0 atom stereocenters. The average Bonchev–Trinajstić information content (AvgIpc) is 3.54. The largest absolute Gasteiger partial charge is 0.437 e. The molecule has 4 N–H and O–H groups in total. The number of hydrogen-bond acceptors (Lipinski definition) is 10.